The molecule has 0 amide bonds. The first kappa shape index (κ1) is 9.75. The van der Waals surface area contributed by atoms with Crippen molar-refractivity contribution in [3.05, 3.63) is 53.1 Å². The summed E-state index contributed by atoms with van der Waals surface area (Å²) in [4.78, 5) is 0. The number of halogens is 2. The molecule has 4 heteroatoms. The predicted octanol–water partition coefficient (Wildman–Crippen LogP) is 3.14. The molecule has 2 aromatic rings. The van der Waals surface area contributed by atoms with E-state index >= 15 is 0 Å². The van der Waals surface area contributed by atoms with Gasteiger partial charge in [0.15, 0.2) is 0 Å². The zero-order chi connectivity index (χ0) is 10.8. The number of hydrogen-bond donors (Lipinski definition) is 0. The van der Waals surface area contributed by atoms with Crippen LogP contribution in [0.3, 0.4) is 0 Å². The Morgan fingerprint density at radius 1 is 1.27 bits per heavy atom. The van der Waals surface area contributed by atoms with E-state index in [9.17, 15) is 4.39 Å². The van der Waals surface area contributed by atoms with Crippen molar-refractivity contribution in [3.8, 4) is 11.8 Å². The minimum atomic E-state index is -0.456. The number of hydrogen-bond acceptors (Lipinski definition) is 1. The highest BCUT2D eigenvalue weighted by atomic mass is 35.5. The lowest BCUT2D eigenvalue weighted by Gasteiger charge is -2.06. The zero-order valence-corrected chi connectivity index (χ0v) is 8.37. The molecule has 0 atom stereocenters. The fraction of sp³-hybridized carbons (Fsp3) is 0. The molecule has 1 aromatic carbocycles. The summed E-state index contributed by atoms with van der Waals surface area (Å²) in [6.07, 6.45) is 3.46. The zero-order valence-electron chi connectivity index (χ0n) is 7.61. The molecule has 0 spiro atoms. The van der Waals surface area contributed by atoms with Crippen LogP contribution in [0, 0.1) is 17.1 Å². The minimum absolute atomic E-state index is 0.126. The van der Waals surface area contributed by atoms with Crippen LogP contribution in [-0.2, 0) is 0 Å². The van der Waals surface area contributed by atoms with E-state index in [1.165, 1.54) is 6.07 Å². The predicted molar refractivity (Wildman–Crippen MR) is 55.5 cm³/mol. The molecular weight excluding hydrogens is 215 g/mol. The second-order valence-corrected chi connectivity index (χ2v) is 3.39. The van der Waals surface area contributed by atoms with Gasteiger partial charge in [-0.1, -0.05) is 11.6 Å². The Bertz CT molecular complexity index is 526. The van der Waals surface area contributed by atoms with Crippen LogP contribution in [0.15, 0.2) is 36.7 Å². The van der Waals surface area contributed by atoms with E-state index in [1.54, 1.807) is 29.1 Å². The van der Waals surface area contributed by atoms with Crippen molar-refractivity contribution < 1.29 is 4.39 Å². The van der Waals surface area contributed by atoms with E-state index in [2.05, 4.69) is 0 Å². The van der Waals surface area contributed by atoms with E-state index < -0.39 is 5.82 Å². The first-order valence-electron chi connectivity index (χ1n) is 4.25. The molecular formula is C11H6ClFN2. The van der Waals surface area contributed by atoms with Crippen LogP contribution in [0.25, 0.3) is 5.69 Å². The maximum Gasteiger partial charge on any atom is 0.126 e. The Balaban J connectivity index is 2.71. The highest BCUT2D eigenvalue weighted by molar-refractivity contribution is 6.32. The van der Waals surface area contributed by atoms with E-state index in [-0.39, 0.29) is 10.6 Å². The second kappa shape index (κ2) is 3.76. The van der Waals surface area contributed by atoms with Crippen molar-refractivity contribution in [2.24, 2.45) is 0 Å². The summed E-state index contributed by atoms with van der Waals surface area (Å²) >= 11 is 5.78. The quantitative estimate of drug-likeness (QED) is 0.726. The van der Waals surface area contributed by atoms with Gasteiger partial charge in [-0.05, 0) is 24.3 Å². The van der Waals surface area contributed by atoms with Crippen molar-refractivity contribution >= 4 is 11.6 Å². The number of nitriles is 1. The lowest BCUT2D eigenvalue weighted by atomic mass is 10.2. The third-order valence-electron chi connectivity index (χ3n) is 2.03. The van der Waals surface area contributed by atoms with Crippen molar-refractivity contribution in [1.82, 2.24) is 4.57 Å². The molecule has 2 rings (SSSR count). The van der Waals surface area contributed by atoms with Gasteiger partial charge in [0.05, 0.1) is 16.3 Å². The molecule has 2 nitrogen and oxygen atoms in total. The van der Waals surface area contributed by atoms with Crippen LogP contribution < -0.4 is 0 Å². The molecule has 0 saturated heterocycles. The minimum Gasteiger partial charge on any atom is -0.322 e. The van der Waals surface area contributed by atoms with Gasteiger partial charge < -0.3 is 4.57 Å². The number of rotatable bonds is 1. The lowest BCUT2D eigenvalue weighted by Crippen LogP contribution is -1.96. The maximum absolute atomic E-state index is 13.1. The van der Waals surface area contributed by atoms with Gasteiger partial charge in [-0.2, -0.15) is 5.26 Å². The van der Waals surface area contributed by atoms with Crippen LogP contribution in [0.4, 0.5) is 4.39 Å². The van der Waals surface area contributed by atoms with E-state index in [4.69, 9.17) is 16.9 Å². The normalized spacial score (nSPS) is 9.93. The summed E-state index contributed by atoms with van der Waals surface area (Å²) in [6.45, 7) is 0. The third kappa shape index (κ3) is 1.72. The molecule has 0 saturated carbocycles. The molecule has 74 valence electrons. The summed E-state index contributed by atoms with van der Waals surface area (Å²) in [5.74, 6) is -0.456. The largest absolute Gasteiger partial charge is 0.322 e. The summed E-state index contributed by atoms with van der Waals surface area (Å²) < 4.78 is 14.8. The van der Waals surface area contributed by atoms with Gasteiger partial charge in [-0.25, -0.2) is 4.39 Å². The third-order valence-corrected chi connectivity index (χ3v) is 2.33. The molecule has 15 heavy (non-hydrogen) atoms. The molecule has 0 aliphatic carbocycles. The monoisotopic (exact) mass is 220 g/mol. The van der Waals surface area contributed by atoms with E-state index in [0.717, 1.165) is 6.07 Å². The Morgan fingerprint density at radius 2 is 1.93 bits per heavy atom. The average Bonchev–Trinajstić information content (AvgIpc) is 2.69. The molecule has 0 aliphatic rings. The van der Waals surface area contributed by atoms with E-state index in [1.807, 2.05) is 6.07 Å². The standard InChI is InChI=1S/C11H6ClFN2/c12-10-5-8(13)6-11(9(10)7-14)15-3-1-2-4-15/h1-6H. The molecule has 0 unspecified atom stereocenters. The first-order chi connectivity index (χ1) is 7.22. The van der Waals surface area contributed by atoms with Gasteiger partial charge in [0.1, 0.15) is 11.9 Å². The van der Waals surface area contributed by atoms with Crippen molar-refractivity contribution in [1.29, 1.82) is 5.26 Å². The van der Waals surface area contributed by atoms with Gasteiger partial charge >= 0.3 is 0 Å². The van der Waals surface area contributed by atoms with E-state index in [0.29, 0.717) is 5.69 Å². The SMILES string of the molecule is N#Cc1c(Cl)cc(F)cc1-n1cccc1. The van der Waals surface area contributed by atoms with Gasteiger partial charge in [0.2, 0.25) is 0 Å². The molecule has 0 fully saturated rings. The molecule has 0 N–H and O–H groups in total. The number of benzene rings is 1. The summed E-state index contributed by atoms with van der Waals surface area (Å²) in [7, 11) is 0. The highest BCUT2D eigenvalue weighted by Gasteiger charge is 2.10. The van der Waals surface area contributed by atoms with Crippen LogP contribution in [0.5, 0.6) is 0 Å². The molecule has 1 aromatic heterocycles. The smallest absolute Gasteiger partial charge is 0.126 e. The molecule has 0 aliphatic heterocycles. The Kier molecular flexibility index (Phi) is 2.44. The second-order valence-electron chi connectivity index (χ2n) is 2.98. The number of aromatic nitrogens is 1. The molecule has 1 heterocycles. The van der Waals surface area contributed by atoms with Crippen LogP contribution in [0.2, 0.25) is 5.02 Å². The summed E-state index contributed by atoms with van der Waals surface area (Å²) in [5, 5.41) is 9.04. The number of nitrogens with zero attached hydrogens (tertiary/aromatic N) is 2. The highest BCUT2D eigenvalue weighted by Crippen LogP contribution is 2.24. The van der Waals surface area contributed by atoms with Gasteiger partial charge in [0, 0.05) is 12.4 Å². The molecule has 0 bridgehead atoms. The van der Waals surface area contributed by atoms with Crippen LogP contribution in [0.1, 0.15) is 5.56 Å². The van der Waals surface area contributed by atoms with Crippen molar-refractivity contribution in [2.75, 3.05) is 0 Å². The van der Waals surface area contributed by atoms with Crippen LogP contribution >= 0.6 is 11.6 Å². The fourth-order valence-electron chi connectivity index (χ4n) is 1.37. The fourth-order valence-corrected chi connectivity index (χ4v) is 1.61. The lowest BCUT2D eigenvalue weighted by molar-refractivity contribution is 0.626. The van der Waals surface area contributed by atoms with Gasteiger partial charge in [0.25, 0.3) is 0 Å². The van der Waals surface area contributed by atoms with Gasteiger partial charge in [-0.15, -0.1) is 0 Å². The molecule has 0 radical (unpaired) electrons. The average molecular weight is 221 g/mol. The topological polar surface area (TPSA) is 28.7 Å². The first-order valence-corrected chi connectivity index (χ1v) is 4.62. The summed E-state index contributed by atoms with van der Waals surface area (Å²) in [5.41, 5.74) is 0.724. The Morgan fingerprint density at radius 3 is 2.53 bits per heavy atom. The van der Waals surface area contributed by atoms with Crippen molar-refractivity contribution in [3.63, 3.8) is 0 Å². The van der Waals surface area contributed by atoms with Gasteiger partial charge in [-0.3, -0.25) is 0 Å². The Labute approximate surface area is 91.1 Å². The van der Waals surface area contributed by atoms with Crippen molar-refractivity contribution in [2.45, 2.75) is 0 Å². The summed E-state index contributed by atoms with van der Waals surface area (Å²) in [6, 6.07) is 7.96. The van der Waals surface area contributed by atoms with Crippen LogP contribution in [-0.4, -0.2) is 4.57 Å². The maximum atomic E-state index is 13.1. The Hall–Kier alpha value is -1.79.